The summed E-state index contributed by atoms with van der Waals surface area (Å²) in [5.74, 6) is -0.238. The number of hydrogen-bond acceptors (Lipinski definition) is 3. The number of hydrogen-bond donors (Lipinski definition) is 2. The molecule has 2 N–H and O–H groups in total. The van der Waals surface area contributed by atoms with E-state index in [2.05, 4.69) is 26.2 Å². The van der Waals surface area contributed by atoms with Crippen LogP contribution < -0.4 is 5.32 Å². The minimum absolute atomic E-state index is 0.238. The minimum Gasteiger partial charge on any atom is -0.388 e. The molecule has 2 rings (SSSR count). The van der Waals surface area contributed by atoms with E-state index >= 15 is 0 Å². The van der Waals surface area contributed by atoms with Gasteiger partial charge in [-0.15, -0.1) is 0 Å². The van der Waals surface area contributed by atoms with Crippen molar-refractivity contribution in [3.8, 4) is 0 Å². The van der Waals surface area contributed by atoms with Crippen LogP contribution in [0, 0.1) is 0 Å². The zero-order valence-electron chi connectivity index (χ0n) is 9.45. The monoisotopic (exact) mass is 298 g/mol. The van der Waals surface area contributed by atoms with Crippen LogP contribution in [0.3, 0.4) is 0 Å². The number of carbonyl (C=O) groups excluding carboxylic acids is 1. The Morgan fingerprint density at radius 1 is 1.47 bits per heavy atom. The number of amides is 1. The van der Waals surface area contributed by atoms with Crippen molar-refractivity contribution in [3.05, 3.63) is 28.5 Å². The zero-order chi connectivity index (χ0) is 12.3. The van der Waals surface area contributed by atoms with Crippen LogP contribution in [0.2, 0.25) is 0 Å². The van der Waals surface area contributed by atoms with Crippen LogP contribution in [0.15, 0.2) is 22.8 Å². The SMILES string of the molecule is O=C(NCC1(O)CCCC1)c1ccc(Br)cn1. The van der Waals surface area contributed by atoms with Gasteiger partial charge in [-0.25, -0.2) is 4.98 Å². The molecule has 0 unspecified atom stereocenters. The first-order valence-electron chi connectivity index (χ1n) is 5.71. The summed E-state index contributed by atoms with van der Waals surface area (Å²) >= 11 is 3.26. The smallest absolute Gasteiger partial charge is 0.269 e. The molecule has 1 fully saturated rings. The number of carbonyl (C=O) groups is 1. The Bertz CT molecular complexity index is 399. The van der Waals surface area contributed by atoms with E-state index < -0.39 is 5.60 Å². The molecule has 4 nitrogen and oxygen atoms in total. The average molecular weight is 299 g/mol. The first-order chi connectivity index (χ1) is 8.09. The Hall–Kier alpha value is -0.940. The van der Waals surface area contributed by atoms with E-state index in [4.69, 9.17) is 0 Å². The summed E-state index contributed by atoms with van der Waals surface area (Å²) in [7, 11) is 0. The Morgan fingerprint density at radius 3 is 2.76 bits per heavy atom. The molecule has 92 valence electrons. The Kier molecular flexibility index (Phi) is 3.79. The van der Waals surface area contributed by atoms with Gasteiger partial charge in [-0.3, -0.25) is 4.79 Å². The van der Waals surface area contributed by atoms with Crippen LogP contribution in [0.5, 0.6) is 0 Å². The number of aromatic nitrogens is 1. The molecular weight excluding hydrogens is 284 g/mol. The first-order valence-corrected chi connectivity index (χ1v) is 6.51. The third-order valence-electron chi connectivity index (χ3n) is 3.07. The van der Waals surface area contributed by atoms with Crippen molar-refractivity contribution in [3.63, 3.8) is 0 Å². The molecule has 1 aromatic heterocycles. The summed E-state index contributed by atoms with van der Waals surface area (Å²) < 4.78 is 0.837. The van der Waals surface area contributed by atoms with E-state index in [-0.39, 0.29) is 5.91 Å². The molecule has 5 heteroatoms. The Balaban J connectivity index is 1.91. The van der Waals surface area contributed by atoms with Gasteiger partial charge in [0.15, 0.2) is 0 Å². The van der Waals surface area contributed by atoms with Gasteiger partial charge in [0.25, 0.3) is 5.91 Å². The number of nitrogens with one attached hydrogen (secondary N) is 1. The zero-order valence-corrected chi connectivity index (χ0v) is 11.0. The predicted octanol–water partition coefficient (Wildman–Crippen LogP) is 1.88. The molecule has 1 heterocycles. The molecule has 1 saturated carbocycles. The molecule has 0 radical (unpaired) electrons. The molecular formula is C12H15BrN2O2. The van der Waals surface area contributed by atoms with Gasteiger partial charge < -0.3 is 10.4 Å². The van der Waals surface area contributed by atoms with Gasteiger partial charge in [-0.05, 0) is 40.9 Å². The van der Waals surface area contributed by atoms with Crippen molar-refractivity contribution in [2.24, 2.45) is 0 Å². The third-order valence-corrected chi connectivity index (χ3v) is 3.54. The number of aliphatic hydroxyl groups is 1. The van der Waals surface area contributed by atoms with Gasteiger partial charge in [0, 0.05) is 17.2 Å². The molecule has 1 aliphatic carbocycles. The van der Waals surface area contributed by atoms with Crippen LogP contribution in [-0.4, -0.2) is 28.1 Å². The quantitative estimate of drug-likeness (QED) is 0.896. The van der Waals surface area contributed by atoms with E-state index in [9.17, 15) is 9.90 Å². The highest BCUT2D eigenvalue weighted by Gasteiger charge is 2.31. The summed E-state index contributed by atoms with van der Waals surface area (Å²) in [5.41, 5.74) is -0.347. The maximum atomic E-state index is 11.8. The van der Waals surface area contributed by atoms with Gasteiger partial charge in [0.1, 0.15) is 5.69 Å². The fourth-order valence-electron chi connectivity index (χ4n) is 2.06. The molecule has 0 atom stereocenters. The molecule has 0 saturated heterocycles. The summed E-state index contributed by atoms with van der Waals surface area (Å²) in [4.78, 5) is 15.8. The van der Waals surface area contributed by atoms with E-state index in [1.54, 1.807) is 18.3 Å². The normalized spacial score (nSPS) is 18.0. The maximum absolute atomic E-state index is 11.8. The fraction of sp³-hybridized carbons (Fsp3) is 0.500. The molecule has 0 bridgehead atoms. The molecule has 0 aliphatic heterocycles. The van der Waals surface area contributed by atoms with Crippen molar-refractivity contribution in [1.82, 2.24) is 10.3 Å². The minimum atomic E-state index is -0.717. The van der Waals surface area contributed by atoms with Crippen molar-refractivity contribution >= 4 is 21.8 Å². The van der Waals surface area contributed by atoms with Gasteiger partial charge in [-0.1, -0.05) is 12.8 Å². The van der Waals surface area contributed by atoms with Crippen molar-refractivity contribution < 1.29 is 9.90 Å². The Labute approximate surface area is 109 Å². The number of rotatable bonds is 3. The largest absolute Gasteiger partial charge is 0.388 e. The predicted molar refractivity (Wildman–Crippen MR) is 67.7 cm³/mol. The van der Waals surface area contributed by atoms with Crippen molar-refractivity contribution in [2.45, 2.75) is 31.3 Å². The van der Waals surface area contributed by atoms with Gasteiger partial charge in [0.2, 0.25) is 0 Å². The van der Waals surface area contributed by atoms with Crippen molar-refractivity contribution in [1.29, 1.82) is 0 Å². The second kappa shape index (κ2) is 5.14. The molecule has 0 aromatic carbocycles. The summed E-state index contributed by atoms with van der Waals surface area (Å²) in [6.07, 6.45) is 5.17. The molecule has 1 amide bonds. The van der Waals surface area contributed by atoms with E-state index in [1.165, 1.54) is 0 Å². The second-order valence-electron chi connectivity index (χ2n) is 4.48. The fourth-order valence-corrected chi connectivity index (χ4v) is 2.29. The second-order valence-corrected chi connectivity index (χ2v) is 5.39. The van der Waals surface area contributed by atoms with Crippen LogP contribution in [0.1, 0.15) is 36.2 Å². The highest BCUT2D eigenvalue weighted by molar-refractivity contribution is 9.10. The maximum Gasteiger partial charge on any atom is 0.269 e. The summed E-state index contributed by atoms with van der Waals surface area (Å²) in [5, 5.41) is 12.8. The van der Waals surface area contributed by atoms with Crippen LogP contribution in [-0.2, 0) is 0 Å². The molecule has 1 aliphatic rings. The van der Waals surface area contributed by atoms with Gasteiger partial charge >= 0.3 is 0 Å². The molecule has 0 spiro atoms. The third kappa shape index (κ3) is 3.26. The average Bonchev–Trinajstić information content (AvgIpc) is 2.75. The van der Waals surface area contributed by atoms with E-state index in [0.717, 1.165) is 30.2 Å². The lowest BCUT2D eigenvalue weighted by molar-refractivity contribution is 0.0448. The van der Waals surface area contributed by atoms with Crippen molar-refractivity contribution in [2.75, 3.05) is 6.54 Å². The van der Waals surface area contributed by atoms with E-state index in [0.29, 0.717) is 12.2 Å². The lowest BCUT2D eigenvalue weighted by atomic mass is 10.0. The lowest BCUT2D eigenvalue weighted by Crippen LogP contribution is -2.40. The highest BCUT2D eigenvalue weighted by Crippen LogP contribution is 2.28. The highest BCUT2D eigenvalue weighted by atomic mass is 79.9. The van der Waals surface area contributed by atoms with Gasteiger partial charge in [0.05, 0.1) is 5.60 Å². The summed E-state index contributed by atoms with van der Waals surface area (Å²) in [6.45, 7) is 0.309. The topological polar surface area (TPSA) is 62.2 Å². The van der Waals surface area contributed by atoms with Crippen LogP contribution in [0.4, 0.5) is 0 Å². The van der Waals surface area contributed by atoms with Gasteiger partial charge in [-0.2, -0.15) is 0 Å². The number of halogens is 1. The summed E-state index contributed by atoms with van der Waals surface area (Å²) in [6, 6.07) is 3.42. The number of nitrogens with zero attached hydrogens (tertiary/aromatic N) is 1. The lowest BCUT2D eigenvalue weighted by Gasteiger charge is -2.22. The van der Waals surface area contributed by atoms with Crippen LogP contribution in [0.25, 0.3) is 0 Å². The standard InChI is InChI=1S/C12H15BrN2O2/c13-9-3-4-10(14-7-9)11(16)15-8-12(17)5-1-2-6-12/h3-4,7,17H,1-2,5-6,8H2,(H,15,16). The Morgan fingerprint density at radius 2 is 2.18 bits per heavy atom. The first kappa shape index (κ1) is 12.5. The van der Waals surface area contributed by atoms with E-state index in [1.807, 2.05) is 0 Å². The number of pyridine rings is 1. The van der Waals surface area contributed by atoms with Crippen LogP contribution >= 0.6 is 15.9 Å². The molecule has 17 heavy (non-hydrogen) atoms. The molecule has 1 aromatic rings.